The van der Waals surface area contributed by atoms with Crippen molar-refractivity contribution in [3.05, 3.63) is 48.3 Å². The Hall–Kier alpha value is -1.64. The summed E-state index contributed by atoms with van der Waals surface area (Å²) in [5.74, 6) is -0.472. The third-order valence-electron chi connectivity index (χ3n) is 3.13. The molecule has 1 fully saturated rings. The van der Waals surface area contributed by atoms with Crippen LogP contribution in [0, 0.1) is 5.82 Å². The normalized spacial score (nSPS) is 17.3. The van der Waals surface area contributed by atoms with Crippen LogP contribution in [0.3, 0.4) is 0 Å². The first kappa shape index (κ1) is 10.9. The minimum Gasteiger partial charge on any atom is -0.343 e. The van der Waals surface area contributed by atoms with E-state index in [4.69, 9.17) is 0 Å². The van der Waals surface area contributed by atoms with Crippen LogP contribution >= 0.6 is 0 Å². The molecule has 0 atom stereocenters. The molecular weight excluding hydrogens is 205 g/mol. The predicted molar refractivity (Wildman–Crippen MR) is 60.3 cm³/mol. The van der Waals surface area contributed by atoms with Crippen molar-refractivity contribution in [1.29, 1.82) is 0 Å². The summed E-state index contributed by atoms with van der Waals surface area (Å²) < 4.78 is 13.1. The SMILES string of the molecule is C=CC(=O)NC1(c2cccc(F)c2)CCC1. The molecule has 1 N–H and O–H groups in total. The van der Waals surface area contributed by atoms with Gasteiger partial charge in [0.15, 0.2) is 0 Å². The molecule has 0 bridgehead atoms. The number of halogens is 1. The Morgan fingerprint density at radius 2 is 2.25 bits per heavy atom. The quantitative estimate of drug-likeness (QED) is 0.777. The molecule has 0 radical (unpaired) electrons. The molecule has 0 saturated heterocycles. The molecule has 2 rings (SSSR count). The Morgan fingerprint density at radius 3 is 2.75 bits per heavy atom. The highest BCUT2D eigenvalue weighted by Gasteiger charge is 2.39. The van der Waals surface area contributed by atoms with Crippen LogP contribution in [0.1, 0.15) is 24.8 Å². The number of hydrogen-bond donors (Lipinski definition) is 1. The Labute approximate surface area is 94.2 Å². The lowest BCUT2D eigenvalue weighted by molar-refractivity contribution is -0.119. The van der Waals surface area contributed by atoms with Gasteiger partial charge in [0.2, 0.25) is 5.91 Å². The topological polar surface area (TPSA) is 29.1 Å². The van der Waals surface area contributed by atoms with Crippen molar-refractivity contribution in [2.45, 2.75) is 24.8 Å². The van der Waals surface area contributed by atoms with E-state index in [9.17, 15) is 9.18 Å². The van der Waals surface area contributed by atoms with Gasteiger partial charge in [-0.3, -0.25) is 4.79 Å². The van der Waals surface area contributed by atoms with Crippen molar-refractivity contribution in [3.8, 4) is 0 Å². The van der Waals surface area contributed by atoms with E-state index in [1.807, 2.05) is 6.07 Å². The van der Waals surface area contributed by atoms with E-state index in [-0.39, 0.29) is 17.3 Å². The number of rotatable bonds is 3. The fourth-order valence-corrected chi connectivity index (χ4v) is 2.09. The molecule has 1 aliphatic carbocycles. The van der Waals surface area contributed by atoms with Crippen LogP contribution in [0.5, 0.6) is 0 Å². The van der Waals surface area contributed by atoms with E-state index < -0.39 is 0 Å². The van der Waals surface area contributed by atoms with Gasteiger partial charge in [0.05, 0.1) is 5.54 Å². The summed E-state index contributed by atoms with van der Waals surface area (Å²) in [6.07, 6.45) is 4.01. The fourth-order valence-electron chi connectivity index (χ4n) is 2.09. The first-order valence-corrected chi connectivity index (χ1v) is 5.37. The van der Waals surface area contributed by atoms with E-state index in [1.54, 1.807) is 6.07 Å². The first-order valence-electron chi connectivity index (χ1n) is 5.37. The number of hydrogen-bond acceptors (Lipinski definition) is 1. The molecule has 1 amide bonds. The van der Waals surface area contributed by atoms with Gasteiger partial charge in [-0.15, -0.1) is 0 Å². The van der Waals surface area contributed by atoms with Crippen molar-refractivity contribution >= 4 is 5.91 Å². The highest BCUT2D eigenvalue weighted by atomic mass is 19.1. The van der Waals surface area contributed by atoms with E-state index in [0.29, 0.717) is 0 Å². The van der Waals surface area contributed by atoms with E-state index in [2.05, 4.69) is 11.9 Å². The monoisotopic (exact) mass is 219 g/mol. The Balaban J connectivity index is 2.27. The predicted octanol–water partition coefficient (Wildman–Crippen LogP) is 2.51. The Morgan fingerprint density at radius 1 is 1.50 bits per heavy atom. The smallest absolute Gasteiger partial charge is 0.244 e. The van der Waals surface area contributed by atoms with Crippen molar-refractivity contribution in [1.82, 2.24) is 5.32 Å². The van der Waals surface area contributed by atoms with Crippen LogP contribution in [-0.4, -0.2) is 5.91 Å². The summed E-state index contributed by atoms with van der Waals surface area (Å²) in [5, 5.41) is 2.90. The lowest BCUT2D eigenvalue weighted by Gasteiger charge is -2.42. The van der Waals surface area contributed by atoms with Crippen molar-refractivity contribution in [2.75, 3.05) is 0 Å². The van der Waals surface area contributed by atoms with Gasteiger partial charge in [-0.1, -0.05) is 18.7 Å². The molecule has 1 aromatic carbocycles. The summed E-state index contributed by atoms with van der Waals surface area (Å²) in [5.41, 5.74) is 0.460. The maximum Gasteiger partial charge on any atom is 0.244 e. The van der Waals surface area contributed by atoms with Gasteiger partial charge in [-0.2, -0.15) is 0 Å². The zero-order valence-corrected chi connectivity index (χ0v) is 9.00. The first-order chi connectivity index (χ1) is 7.66. The highest BCUT2D eigenvalue weighted by Crippen LogP contribution is 2.41. The number of carbonyl (C=O) groups excluding carboxylic acids is 1. The maximum absolute atomic E-state index is 13.1. The van der Waals surface area contributed by atoms with Gasteiger partial charge in [0, 0.05) is 0 Å². The van der Waals surface area contributed by atoms with Crippen molar-refractivity contribution < 1.29 is 9.18 Å². The van der Waals surface area contributed by atoms with Gasteiger partial charge < -0.3 is 5.32 Å². The molecule has 0 unspecified atom stereocenters. The fraction of sp³-hybridized carbons (Fsp3) is 0.308. The molecule has 0 heterocycles. The van der Waals surface area contributed by atoms with Gasteiger partial charge in [-0.05, 0) is 43.0 Å². The van der Waals surface area contributed by atoms with Crippen LogP contribution in [-0.2, 0) is 10.3 Å². The standard InChI is InChI=1S/C13H14FNO/c1-2-12(16)15-13(7-4-8-13)10-5-3-6-11(14)9-10/h2-3,5-6,9H,1,4,7-8H2,(H,15,16). The van der Waals surface area contributed by atoms with E-state index in [0.717, 1.165) is 24.8 Å². The molecule has 16 heavy (non-hydrogen) atoms. The molecule has 1 aliphatic rings. The third-order valence-corrected chi connectivity index (χ3v) is 3.13. The van der Waals surface area contributed by atoms with Crippen molar-refractivity contribution in [3.63, 3.8) is 0 Å². The Bertz CT molecular complexity index is 424. The van der Waals surface area contributed by atoms with Gasteiger partial charge in [0.25, 0.3) is 0 Å². The molecule has 0 spiro atoms. The highest BCUT2D eigenvalue weighted by molar-refractivity contribution is 5.87. The summed E-state index contributed by atoms with van der Waals surface area (Å²) in [7, 11) is 0. The number of nitrogens with one attached hydrogen (secondary N) is 1. The van der Waals surface area contributed by atoms with Crippen LogP contribution in [0.4, 0.5) is 4.39 Å². The molecular formula is C13H14FNO. The second kappa shape index (κ2) is 4.08. The summed E-state index contributed by atoms with van der Waals surface area (Å²) in [4.78, 5) is 11.4. The minimum atomic E-state index is -0.382. The van der Waals surface area contributed by atoms with Crippen LogP contribution < -0.4 is 5.32 Å². The van der Waals surface area contributed by atoms with Crippen LogP contribution in [0.15, 0.2) is 36.9 Å². The van der Waals surface area contributed by atoms with Gasteiger partial charge >= 0.3 is 0 Å². The number of amides is 1. The van der Waals surface area contributed by atoms with Crippen LogP contribution in [0.2, 0.25) is 0 Å². The number of carbonyl (C=O) groups is 1. The largest absolute Gasteiger partial charge is 0.343 e. The number of benzene rings is 1. The summed E-state index contributed by atoms with van der Waals surface area (Å²) in [6.45, 7) is 3.43. The molecule has 0 aliphatic heterocycles. The van der Waals surface area contributed by atoms with Crippen LogP contribution in [0.25, 0.3) is 0 Å². The van der Waals surface area contributed by atoms with E-state index >= 15 is 0 Å². The maximum atomic E-state index is 13.1. The zero-order valence-electron chi connectivity index (χ0n) is 9.00. The lowest BCUT2D eigenvalue weighted by Crippen LogP contribution is -2.50. The average Bonchev–Trinajstić information content (AvgIpc) is 2.23. The Kier molecular flexibility index (Phi) is 2.77. The third kappa shape index (κ3) is 1.85. The zero-order chi connectivity index (χ0) is 11.6. The second-order valence-electron chi connectivity index (χ2n) is 4.14. The summed E-state index contributed by atoms with van der Waals surface area (Å²) >= 11 is 0. The molecule has 1 aromatic rings. The molecule has 1 saturated carbocycles. The molecule has 2 nitrogen and oxygen atoms in total. The average molecular weight is 219 g/mol. The minimum absolute atomic E-state index is 0.205. The molecule has 84 valence electrons. The van der Waals surface area contributed by atoms with E-state index in [1.165, 1.54) is 18.2 Å². The molecule has 3 heteroatoms. The second-order valence-corrected chi connectivity index (χ2v) is 4.14. The lowest BCUT2D eigenvalue weighted by atomic mass is 9.71. The summed E-state index contributed by atoms with van der Waals surface area (Å²) in [6, 6.07) is 6.42. The van der Waals surface area contributed by atoms with Gasteiger partial charge in [0.1, 0.15) is 5.82 Å². The molecule has 0 aromatic heterocycles. The van der Waals surface area contributed by atoms with Crippen molar-refractivity contribution in [2.24, 2.45) is 0 Å². The van der Waals surface area contributed by atoms with Gasteiger partial charge in [-0.25, -0.2) is 4.39 Å².